The summed E-state index contributed by atoms with van der Waals surface area (Å²) in [5, 5.41) is 0. The Morgan fingerprint density at radius 3 is 2.35 bits per heavy atom. The number of halogens is 3. The van der Waals surface area contributed by atoms with Gasteiger partial charge in [-0.05, 0) is 56.8 Å². The number of aryl methyl sites for hydroxylation is 1. The van der Waals surface area contributed by atoms with Crippen molar-refractivity contribution in [1.29, 1.82) is 0 Å². The average Bonchev–Trinajstić information content (AvgIpc) is 2.63. The standard InChI is InChI=1S/C13H11Br3S/c1-8-2-4-9(5-3-8)6-10(14)12-7-11(15)13(16)17-12/h2-5,7,10H,6H2,1H3. The molecule has 0 N–H and O–H groups in total. The van der Waals surface area contributed by atoms with Gasteiger partial charge in [0, 0.05) is 9.35 Å². The number of hydrogen-bond acceptors (Lipinski definition) is 1. The van der Waals surface area contributed by atoms with E-state index >= 15 is 0 Å². The zero-order valence-corrected chi connectivity index (χ0v) is 14.8. The van der Waals surface area contributed by atoms with Gasteiger partial charge < -0.3 is 0 Å². The van der Waals surface area contributed by atoms with Crippen molar-refractivity contribution in [3.8, 4) is 0 Å². The maximum Gasteiger partial charge on any atom is 0.0843 e. The molecule has 0 nitrogen and oxygen atoms in total. The average molecular weight is 439 g/mol. The summed E-state index contributed by atoms with van der Waals surface area (Å²) in [5.74, 6) is 0. The molecule has 0 bridgehead atoms. The summed E-state index contributed by atoms with van der Waals surface area (Å²) in [5.41, 5.74) is 2.67. The van der Waals surface area contributed by atoms with Crippen molar-refractivity contribution in [1.82, 2.24) is 0 Å². The number of thiophene rings is 1. The molecule has 0 aliphatic rings. The summed E-state index contributed by atoms with van der Waals surface area (Å²) in [4.78, 5) is 1.71. The maximum absolute atomic E-state index is 3.76. The first-order chi connectivity index (χ1) is 8.06. The molecule has 0 amide bonds. The van der Waals surface area contributed by atoms with E-state index in [1.807, 2.05) is 0 Å². The van der Waals surface area contributed by atoms with Crippen LogP contribution in [-0.2, 0) is 6.42 Å². The van der Waals surface area contributed by atoms with E-state index in [2.05, 4.69) is 85.0 Å². The molecule has 0 aliphatic carbocycles. The van der Waals surface area contributed by atoms with Gasteiger partial charge in [-0.15, -0.1) is 11.3 Å². The molecule has 2 aromatic rings. The van der Waals surface area contributed by atoms with Gasteiger partial charge in [0.25, 0.3) is 0 Å². The molecule has 1 atom stereocenters. The third-order valence-corrected chi connectivity index (χ3v) is 7.00. The van der Waals surface area contributed by atoms with E-state index in [1.165, 1.54) is 16.0 Å². The minimum atomic E-state index is 0.373. The topological polar surface area (TPSA) is 0 Å². The van der Waals surface area contributed by atoms with E-state index in [-0.39, 0.29) is 0 Å². The fourth-order valence-corrected chi connectivity index (χ4v) is 4.40. The molecule has 0 saturated carbocycles. The number of benzene rings is 1. The first-order valence-electron chi connectivity index (χ1n) is 5.20. The minimum Gasteiger partial charge on any atom is -0.131 e. The monoisotopic (exact) mass is 436 g/mol. The quantitative estimate of drug-likeness (QED) is 0.496. The highest BCUT2D eigenvalue weighted by molar-refractivity contribution is 9.13. The largest absolute Gasteiger partial charge is 0.131 e. The van der Waals surface area contributed by atoms with Crippen LogP contribution < -0.4 is 0 Å². The van der Waals surface area contributed by atoms with Gasteiger partial charge in [-0.3, -0.25) is 0 Å². The van der Waals surface area contributed by atoms with E-state index in [0.29, 0.717) is 4.83 Å². The van der Waals surface area contributed by atoms with Crippen LogP contribution in [0.25, 0.3) is 0 Å². The van der Waals surface area contributed by atoms with Crippen LogP contribution in [-0.4, -0.2) is 0 Å². The van der Waals surface area contributed by atoms with Crippen molar-refractivity contribution in [2.75, 3.05) is 0 Å². The molecule has 1 unspecified atom stereocenters. The minimum absolute atomic E-state index is 0.373. The Morgan fingerprint density at radius 2 is 1.82 bits per heavy atom. The molecular formula is C13H11Br3S. The Kier molecular flexibility index (Phi) is 4.87. The lowest BCUT2D eigenvalue weighted by Gasteiger charge is -2.07. The summed E-state index contributed by atoms with van der Waals surface area (Å²) in [6.07, 6.45) is 1.01. The molecule has 0 aliphatic heterocycles. The fraction of sp³-hybridized carbons (Fsp3) is 0.231. The van der Waals surface area contributed by atoms with Gasteiger partial charge in [0.2, 0.25) is 0 Å². The molecule has 0 saturated heterocycles. The smallest absolute Gasteiger partial charge is 0.0843 e. The molecule has 0 fully saturated rings. The van der Waals surface area contributed by atoms with Gasteiger partial charge in [-0.25, -0.2) is 0 Å². The molecule has 4 heteroatoms. The first-order valence-corrected chi connectivity index (χ1v) is 8.52. The molecular weight excluding hydrogens is 428 g/mol. The van der Waals surface area contributed by atoms with Gasteiger partial charge in [-0.1, -0.05) is 45.8 Å². The van der Waals surface area contributed by atoms with Gasteiger partial charge >= 0.3 is 0 Å². The van der Waals surface area contributed by atoms with Gasteiger partial charge in [0.1, 0.15) is 0 Å². The van der Waals surface area contributed by atoms with E-state index < -0.39 is 0 Å². The molecule has 17 heavy (non-hydrogen) atoms. The van der Waals surface area contributed by atoms with Gasteiger partial charge in [0.15, 0.2) is 0 Å². The van der Waals surface area contributed by atoms with E-state index in [4.69, 9.17) is 0 Å². The van der Waals surface area contributed by atoms with Crippen LogP contribution in [0, 0.1) is 6.92 Å². The predicted octanol–water partition coefficient (Wildman–Crippen LogP) is 6.26. The van der Waals surface area contributed by atoms with Crippen LogP contribution in [0.4, 0.5) is 0 Å². The van der Waals surface area contributed by atoms with Crippen LogP contribution in [0.5, 0.6) is 0 Å². The van der Waals surface area contributed by atoms with Crippen LogP contribution in [0.3, 0.4) is 0 Å². The summed E-state index contributed by atoms with van der Waals surface area (Å²) in [6, 6.07) is 10.9. The second-order valence-corrected chi connectivity index (χ2v) is 8.29. The Hall–Kier alpha value is 0.360. The van der Waals surface area contributed by atoms with Crippen LogP contribution in [0.1, 0.15) is 20.8 Å². The normalized spacial score (nSPS) is 12.7. The Balaban J connectivity index is 2.11. The zero-order valence-electron chi connectivity index (χ0n) is 9.21. The third-order valence-electron chi connectivity index (χ3n) is 2.51. The van der Waals surface area contributed by atoms with Gasteiger partial charge in [0.05, 0.1) is 8.61 Å². The number of rotatable bonds is 3. The molecule has 1 aromatic heterocycles. The van der Waals surface area contributed by atoms with Crippen molar-refractivity contribution in [2.24, 2.45) is 0 Å². The van der Waals surface area contributed by atoms with Crippen LogP contribution >= 0.6 is 59.1 Å². The second kappa shape index (κ2) is 6.00. The summed E-state index contributed by atoms with van der Waals surface area (Å²) in [6.45, 7) is 2.11. The highest BCUT2D eigenvalue weighted by atomic mass is 79.9. The van der Waals surface area contributed by atoms with E-state index in [0.717, 1.165) is 14.7 Å². The second-order valence-electron chi connectivity index (χ2n) is 3.93. The lowest BCUT2D eigenvalue weighted by Crippen LogP contribution is -1.92. The molecule has 90 valence electrons. The van der Waals surface area contributed by atoms with Crippen molar-refractivity contribution in [3.05, 3.63) is 54.6 Å². The highest BCUT2D eigenvalue weighted by Gasteiger charge is 2.13. The molecule has 0 radical (unpaired) electrons. The highest BCUT2D eigenvalue weighted by Crippen LogP contribution is 2.39. The third kappa shape index (κ3) is 3.66. The van der Waals surface area contributed by atoms with Crippen molar-refractivity contribution < 1.29 is 0 Å². The van der Waals surface area contributed by atoms with E-state index in [9.17, 15) is 0 Å². The van der Waals surface area contributed by atoms with Crippen LogP contribution in [0.2, 0.25) is 0 Å². The Bertz CT molecular complexity index is 482. The number of alkyl halides is 1. The predicted molar refractivity (Wildman–Crippen MR) is 86.3 cm³/mol. The molecule has 2 rings (SSSR count). The van der Waals surface area contributed by atoms with E-state index in [1.54, 1.807) is 11.3 Å². The number of hydrogen-bond donors (Lipinski definition) is 0. The summed E-state index contributed by atoms with van der Waals surface area (Å²) >= 11 is 12.6. The summed E-state index contributed by atoms with van der Waals surface area (Å²) < 4.78 is 2.28. The molecule has 0 spiro atoms. The van der Waals surface area contributed by atoms with Crippen molar-refractivity contribution >= 4 is 59.1 Å². The maximum atomic E-state index is 3.76. The Labute approximate surface area is 131 Å². The molecule has 1 heterocycles. The summed E-state index contributed by atoms with van der Waals surface area (Å²) in [7, 11) is 0. The van der Waals surface area contributed by atoms with Gasteiger partial charge in [-0.2, -0.15) is 0 Å². The zero-order chi connectivity index (χ0) is 12.4. The SMILES string of the molecule is Cc1ccc(CC(Br)c2cc(Br)c(Br)s2)cc1. The van der Waals surface area contributed by atoms with Crippen molar-refractivity contribution in [2.45, 2.75) is 18.2 Å². The Morgan fingerprint density at radius 1 is 1.18 bits per heavy atom. The first kappa shape index (κ1) is 13.8. The van der Waals surface area contributed by atoms with Crippen LogP contribution in [0.15, 0.2) is 38.6 Å². The lowest BCUT2D eigenvalue weighted by atomic mass is 10.1. The fourth-order valence-electron chi connectivity index (χ4n) is 1.55. The molecule has 1 aromatic carbocycles. The lowest BCUT2D eigenvalue weighted by molar-refractivity contribution is 0.968. The van der Waals surface area contributed by atoms with Crippen molar-refractivity contribution in [3.63, 3.8) is 0 Å².